The normalized spacial score (nSPS) is 9.68. The first-order valence-electron chi connectivity index (χ1n) is 5.27. The molecule has 1 aromatic carbocycles. The number of nitriles is 1. The van der Waals surface area contributed by atoms with Gasteiger partial charge in [-0.25, -0.2) is 9.78 Å². The van der Waals surface area contributed by atoms with Crippen LogP contribution < -0.4 is 5.32 Å². The van der Waals surface area contributed by atoms with Gasteiger partial charge < -0.3 is 10.4 Å². The molecule has 0 fully saturated rings. The van der Waals surface area contributed by atoms with Gasteiger partial charge in [0.2, 0.25) is 0 Å². The summed E-state index contributed by atoms with van der Waals surface area (Å²) >= 11 is 5.73. The van der Waals surface area contributed by atoms with Crippen molar-refractivity contribution in [2.75, 3.05) is 5.32 Å². The van der Waals surface area contributed by atoms with Gasteiger partial charge in [-0.3, -0.25) is 0 Å². The molecule has 0 saturated carbocycles. The Morgan fingerprint density at radius 2 is 1.95 bits per heavy atom. The standard InChI is InChI=1S/C13H8ClN3O2/c14-10-5-6-11(17-12(10)13(18)19)16-9-3-1-8(7-15)2-4-9/h1-6H,(H,16,17)(H,18,19). The van der Waals surface area contributed by atoms with Crippen LogP contribution in [-0.4, -0.2) is 16.1 Å². The van der Waals surface area contributed by atoms with E-state index < -0.39 is 5.97 Å². The van der Waals surface area contributed by atoms with Crippen molar-refractivity contribution in [3.63, 3.8) is 0 Å². The number of anilines is 2. The molecule has 0 radical (unpaired) electrons. The van der Waals surface area contributed by atoms with Crippen LogP contribution in [0.1, 0.15) is 16.1 Å². The van der Waals surface area contributed by atoms with Crippen LogP contribution in [-0.2, 0) is 0 Å². The van der Waals surface area contributed by atoms with Gasteiger partial charge in [0, 0.05) is 5.69 Å². The van der Waals surface area contributed by atoms with Gasteiger partial charge in [-0.05, 0) is 36.4 Å². The van der Waals surface area contributed by atoms with E-state index in [1.165, 1.54) is 6.07 Å². The molecule has 2 aromatic rings. The summed E-state index contributed by atoms with van der Waals surface area (Å²) in [4.78, 5) is 14.8. The predicted octanol–water partition coefficient (Wildman–Crippen LogP) is 3.05. The highest BCUT2D eigenvalue weighted by atomic mass is 35.5. The monoisotopic (exact) mass is 273 g/mol. The third kappa shape index (κ3) is 3.00. The van der Waals surface area contributed by atoms with Crippen LogP contribution in [0.25, 0.3) is 0 Å². The van der Waals surface area contributed by atoms with Crippen molar-refractivity contribution in [3.8, 4) is 6.07 Å². The topological polar surface area (TPSA) is 86.0 Å². The van der Waals surface area contributed by atoms with E-state index in [1.54, 1.807) is 30.3 Å². The summed E-state index contributed by atoms with van der Waals surface area (Å²) in [5.74, 6) is -0.819. The number of halogens is 1. The molecule has 0 amide bonds. The second kappa shape index (κ2) is 5.38. The number of carboxylic acids is 1. The van der Waals surface area contributed by atoms with E-state index in [2.05, 4.69) is 10.3 Å². The third-order valence-corrected chi connectivity index (χ3v) is 2.64. The van der Waals surface area contributed by atoms with Crippen molar-refractivity contribution in [3.05, 3.63) is 52.7 Å². The largest absolute Gasteiger partial charge is 0.476 e. The van der Waals surface area contributed by atoms with E-state index in [9.17, 15) is 4.79 Å². The Hall–Kier alpha value is -2.58. The highest BCUT2D eigenvalue weighted by Gasteiger charge is 2.11. The minimum absolute atomic E-state index is 0.0814. The molecule has 0 aliphatic carbocycles. The number of aromatic carboxylic acids is 1. The van der Waals surface area contributed by atoms with Crippen LogP contribution >= 0.6 is 11.6 Å². The lowest BCUT2D eigenvalue weighted by molar-refractivity contribution is 0.0691. The van der Waals surface area contributed by atoms with Gasteiger partial charge in [-0.2, -0.15) is 5.26 Å². The Labute approximate surface area is 114 Å². The molecule has 6 heteroatoms. The quantitative estimate of drug-likeness (QED) is 0.897. The summed E-state index contributed by atoms with van der Waals surface area (Å²) in [7, 11) is 0. The fourth-order valence-corrected chi connectivity index (χ4v) is 1.62. The first-order chi connectivity index (χ1) is 9.10. The SMILES string of the molecule is N#Cc1ccc(Nc2ccc(Cl)c(C(=O)O)n2)cc1. The summed E-state index contributed by atoms with van der Waals surface area (Å²) in [5.41, 5.74) is 1.03. The molecule has 0 aliphatic rings. The van der Waals surface area contributed by atoms with Crippen molar-refractivity contribution in [1.29, 1.82) is 5.26 Å². The number of benzene rings is 1. The van der Waals surface area contributed by atoms with Crippen LogP contribution in [0.15, 0.2) is 36.4 Å². The maximum absolute atomic E-state index is 10.9. The molecular weight excluding hydrogens is 266 g/mol. The maximum atomic E-state index is 10.9. The number of pyridine rings is 1. The number of hydrogen-bond acceptors (Lipinski definition) is 4. The molecule has 2 N–H and O–H groups in total. The zero-order valence-electron chi connectivity index (χ0n) is 9.59. The molecule has 0 aliphatic heterocycles. The third-order valence-electron chi connectivity index (χ3n) is 2.33. The molecule has 1 heterocycles. The van der Waals surface area contributed by atoms with Crippen LogP contribution in [0, 0.1) is 11.3 Å². The van der Waals surface area contributed by atoms with E-state index in [1.807, 2.05) is 6.07 Å². The first kappa shape index (κ1) is 12.9. The zero-order chi connectivity index (χ0) is 13.8. The smallest absolute Gasteiger partial charge is 0.356 e. The van der Waals surface area contributed by atoms with Gasteiger partial charge >= 0.3 is 5.97 Å². The Morgan fingerprint density at radius 1 is 1.26 bits per heavy atom. The molecular formula is C13H8ClN3O2. The summed E-state index contributed by atoms with van der Waals surface area (Å²) < 4.78 is 0. The molecule has 0 unspecified atom stereocenters. The molecule has 5 nitrogen and oxygen atoms in total. The van der Waals surface area contributed by atoms with Gasteiger partial charge in [0.15, 0.2) is 5.69 Å². The molecule has 1 aromatic heterocycles. The number of hydrogen-bond donors (Lipinski definition) is 2. The van der Waals surface area contributed by atoms with E-state index in [0.717, 1.165) is 0 Å². The lowest BCUT2D eigenvalue weighted by atomic mass is 10.2. The average molecular weight is 274 g/mol. The maximum Gasteiger partial charge on any atom is 0.356 e. The molecule has 0 spiro atoms. The number of carboxylic acid groups (broad SMARTS) is 1. The number of carbonyl (C=O) groups is 1. The van der Waals surface area contributed by atoms with Crippen molar-refractivity contribution in [2.45, 2.75) is 0 Å². The van der Waals surface area contributed by atoms with Crippen LogP contribution in [0.3, 0.4) is 0 Å². The van der Waals surface area contributed by atoms with Gasteiger partial charge in [0.25, 0.3) is 0 Å². The molecule has 19 heavy (non-hydrogen) atoms. The molecule has 0 atom stereocenters. The van der Waals surface area contributed by atoms with Crippen LogP contribution in [0.5, 0.6) is 0 Å². The fourth-order valence-electron chi connectivity index (χ4n) is 1.44. The van der Waals surface area contributed by atoms with Crippen molar-refractivity contribution < 1.29 is 9.90 Å². The minimum atomic E-state index is -1.19. The van der Waals surface area contributed by atoms with Gasteiger partial charge in [-0.15, -0.1) is 0 Å². The number of nitrogens with zero attached hydrogens (tertiary/aromatic N) is 2. The van der Waals surface area contributed by atoms with Crippen LogP contribution in [0.2, 0.25) is 5.02 Å². The van der Waals surface area contributed by atoms with Crippen molar-refractivity contribution in [1.82, 2.24) is 4.98 Å². The Morgan fingerprint density at radius 3 is 2.53 bits per heavy atom. The lowest BCUT2D eigenvalue weighted by Gasteiger charge is -2.07. The Kier molecular flexibility index (Phi) is 3.64. The molecule has 2 rings (SSSR count). The molecule has 0 saturated heterocycles. The van der Waals surface area contributed by atoms with E-state index in [4.69, 9.17) is 22.0 Å². The van der Waals surface area contributed by atoms with E-state index >= 15 is 0 Å². The summed E-state index contributed by atoms with van der Waals surface area (Å²) in [6.45, 7) is 0. The average Bonchev–Trinajstić information content (AvgIpc) is 2.41. The molecule has 94 valence electrons. The molecule has 0 bridgehead atoms. The second-order valence-electron chi connectivity index (χ2n) is 3.65. The summed E-state index contributed by atoms with van der Waals surface area (Å²) in [6.07, 6.45) is 0. The highest BCUT2D eigenvalue weighted by molar-refractivity contribution is 6.33. The van der Waals surface area contributed by atoms with Crippen molar-refractivity contribution >= 4 is 29.1 Å². The number of nitrogens with one attached hydrogen (secondary N) is 1. The minimum Gasteiger partial charge on any atom is -0.476 e. The van der Waals surface area contributed by atoms with Gasteiger partial charge in [0.05, 0.1) is 16.7 Å². The van der Waals surface area contributed by atoms with Crippen molar-refractivity contribution in [2.24, 2.45) is 0 Å². The fraction of sp³-hybridized carbons (Fsp3) is 0. The second-order valence-corrected chi connectivity index (χ2v) is 4.05. The zero-order valence-corrected chi connectivity index (χ0v) is 10.3. The number of rotatable bonds is 3. The highest BCUT2D eigenvalue weighted by Crippen LogP contribution is 2.20. The number of aromatic nitrogens is 1. The Bertz CT molecular complexity index is 663. The Balaban J connectivity index is 2.25. The summed E-state index contributed by atoms with van der Waals surface area (Å²) in [6, 6.07) is 11.8. The van der Waals surface area contributed by atoms with Gasteiger partial charge in [-0.1, -0.05) is 11.6 Å². The lowest BCUT2D eigenvalue weighted by Crippen LogP contribution is -2.04. The predicted molar refractivity (Wildman–Crippen MR) is 70.6 cm³/mol. The van der Waals surface area contributed by atoms with Crippen LogP contribution in [0.4, 0.5) is 11.5 Å². The first-order valence-corrected chi connectivity index (χ1v) is 5.65. The summed E-state index contributed by atoms with van der Waals surface area (Å²) in [5, 5.41) is 20.6. The van der Waals surface area contributed by atoms with E-state index in [0.29, 0.717) is 17.1 Å². The van der Waals surface area contributed by atoms with E-state index in [-0.39, 0.29) is 10.7 Å². The van der Waals surface area contributed by atoms with Gasteiger partial charge in [0.1, 0.15) is 5.82 Å².